The molecule has 3 heteroatoms. The van der Waals surface area contributed by atoms with Crippen LogP contribution in [-0.2, 0) is 0 Å². The Morgan fingerprint density at radius 1 is 1.16 bits per heavy atom. The molecule has 0 heterocycles. The standard InChI is InChI=1S/C16H22ClNO/c1-11-8-12(2)10-13(9-11)16(19)18(3)15-7-5-4-6-14(15)17/h8-10,14-15H,4-7H2,1-3H3. The van der Waals surface area contributed by atoms with Crippen molar-refractivity contribution in [2.45, 2.75) is 50.9 Å². The van der Waals surface area contributed by atoms with E-state index in [1.807, 2.05) is 37.9 Å². The van der Waals surface area contributed by atoms with Gasteiger partial charge in [0.05, 0.1) is 5.38 Å². The predicted octanol–water partition coefficient (Wildman–Crippen LogP) is 3.93. The van der Waals surface area contributed by atoms with E-state index in [-0.39, 0.29) is 17.3 Å². The fraction of sp³-hybridized carbons (Fsp3) is 0.562. The molecule has 2 atom stereocenters. The van der Waals surface area contributed by atoms with Crippen molar-refractivity contribution < 1.29 is 4.79 Å². The lowest BCUT2D eigenvalue weighted by molar-refractivity contribution is 0.0700. The molecule has 0 N–H and O–H groups in total. The molecule has 1 aliphatic carbocycles. The Kier molecular flexibility index (Phi) is 4.51. The molecule has 1 aliphatic rings. The van der Waals surface area contributed by atoms with Crippen molar-refractivity contribution in [2.75, 3.05) is 7.05 Å². The normalized spacial score (nSPS) is 23.2. The minimum absolute atomic E-state index is 0.0874. The molecule has 0 spiro atoms. The molecule has 0 bridgehead atoms. The SMILES string of the molecule is Cc1cc(C)cc(C(=O)N(C)C2CCCCC2Cl)c1. The third kappa shape index (κ3) is 3.30. The fourth-order valence-electron chi connectivity index (χ4n) is 2.95. The van der Waals surface area contributed by atoms with Gasteiger partial charge in [0.1, 0.15) is 0 Å². The molecule has 2 rings (SSSR count). The number of alkyl halides is 1. The van der Waals surface area contributed by atoms with E-state index in [1.54, 1.807) is 0 Å². The zero-order valence-electron chi connectivity index (χ0n) is 11.9. The predicted molar refractivity (Wildman–Crippen MR) is 79.9 cm³/mol. The topological polar surface area (TPSA) is 20.3 Å². The molecule has 2 unspecified atom stereocenters. The van der Waals surface area contributed by atoms with E-state index >= 15 is 0 Å². The van der Waals surface area contributed by atoms with Gasteiger partial charge in [0.2, 0.25) is 0 Å². The average Bonchev–Trinajstić information content (AvgIpc) is 2.36. The Hall–Kier alpha value is -1.02. The largest absolute Gasteiger partial charge is 0.337 e. The first-order valence-corrected chi connectivity index (χ1v) is 7.42. The number of carbonyl (C=O) groups excluding carboxylic acids is 1. The highest BCUT2D eigenvalue weighted by atomic mass is 35.5. The van der Waals surface area contributed by atoms with Gasteiger partial charge in [-0.3, -0.25) is 4.79 Å². The Bertz CT molecular complexity index is 452. The zero-order chi connectivity index (χ0) is 14.0. The molecule has 1 fully saturated rings. The highest BCUT2D eigenvalue weighted by Gasteiger charge is 2.29. The number of benzene rings is 1. The maximum atomic E-state index is 12.6. The van der Waals surface area contributed by atoms with Gasteiger partial charge >= 0.3 is 0 Å². The van der Waals surface area contributed by atoms with E-state index in [0.29, 0.717) is 0 Å². The number of nitrogens with zero attached hydrogens (tertiary/aromatic N) is 1. The van der Waals surface area contributed by atoms with Gasteiger partial charge in [-0.05, 0) is 38.8 Å². The first-order valence-electron chi connectivity index (χ1n) is 6.98. The van der Waals surface area contributed by atoms with Crippen LogP contribution in [0.5, 0.6) is 0 Å². The van der Waals surface area contributed by atoms with Crippen LogP contribution in [0.3, 0.4) is 0 Å². The van der Waals surface area contributed by atoms with Crippen molar-refractivity contribution in [1.82, 2.24) is 4.90 Å². The number of hydrogen-bond donors (Lipinski definition) is 0. The molecule has 2 nitrogen and oxygen atoms in total. The first-order chi connectivity index (χ1) is 8.99. The second-order valence-corrected chi connectivity index (χ2v) is 6.22. The summed E-state index contributed by atoms with van der Waals surface area (Å²) in [7, 11) is 1.88. The highest BCUT2D eigenvalue weighted by molar-refractivity contribution is 6.21. The van der Waals surface area contributed by atoms with Gasteiger partial charge in [-0.15, -0.1) is 11.6 Å². The van der Waals surface area contributed by atoms with Gasteiger partial charge in [-0.2, -0.15) is 0 Å². The van der Waals surface area contributed by atoms with E-state index in [9.17, 15) is 4.79 Å². The summed E-state index contributed by atoms with van der Waals surface area (Å²) in [5, 5.41) is 0.0913. The Morgan fingerprint density at radius 2 is 1.74 bits per heavy atom. The summed E-state index contributed by atoms with van der Waals surface area (Å²) in [6.07, 6.45) is 4.37. The van der Waals surface area contributed by atoms with E-state index in [0.717, 1.165) is 29.5 Å². The van der Waals surface area contributed by atoms with Gasteiger partial charge in [0, 0.05) is 18.7 Å². The number of amides is 1. The Morgan fingerprint density at radius 3 is 2.32 bits per heavy atom. The summed E-state index contributed by atoms with van der Waals surface area (Å²) in [4.78, 5) is 14.4. The molecule has 1 amide bonds. The molecule has 0 aliphatic heterocycles. The van der Waals surface area contributed by atoms with Gasteiger partial charge in [0.25, 0.3) is 5.91 Å². The van der Waals surface area contributed by atoms with Crippen LogP contribution < -0.4 is 0 Å². The van der Waals surface area contributed by atoms with Gasteiger partial charge in [-0.1, -0.05) is 30.0 Å². The van der Waals surface area contributed by atoms with Crippen molar-refractivity contribution >= 4 is 17.5 Å². The van der Waals surface area contributed by atoms with E-state index < -0.39 is 0 Å². The summed E-state index contributed by atoms with van der Waals surface area (Å²) in [6.45, 7) is 4.05. The van der Waals surface area contributed by atoms with Crippen molar-refractivity contribution in [1.29, 1.82) is 0 Å². The zero-order valence-corrected chi connectivity index (χ0v) is 12.7. The van der Waals surface area contributed by atoms with Crippen LogP contribution in [0.15, 0.2) is 18.2 Å². The van der Waals surface area contributed by atoms with Gasteiger partial charge < -0.3 is 4.90 Å². The quantitative estimate of drug-likeness (QED) is 0.751. The van der Waals surface area contributed by atoms with Gasteiger partial charge in [0.15, 0.2) is 0 Å². The molecule has 104 valence electrons. The lowest BCUT2D eigenvalue weighted by Crippen LogP contribution is -2.44. The summed E-state index contributed by atoms with van der Waals surface area (Å²) in [5.74, 6) is 0.0874. The maximum Gasteiger partial charge on any atom is 0.253 e. The molecule has 1 aromatic rings. The fourth-order valence-corrected chi connectivity index (χ4v) is 3.40. The van der Waals surface area contributed by atoms with Crippen LogP contribution in [0.2, 0.25) is 0 Å². The molecule has 0 aromatic heterocycles. The van der Waals surface area contributed by atoms with Crippen LogP contribution >= 0.6 is 11.6 Å². The van der Waals surface area contributed by atoms with E-state index in [4.69, 9.17) is 11.6 Å². The molecule has 1 aromatic carbocycles. The summed E-state index contributed by atoms with van der Waals surface area (Å²) < 4.78 is 0. The second kappa shape index (κ2) is 5.96. The van der Waals surface area contributed by atoms with Gasteiger partial charge in [-0.25, -0.2) is 0 Å². The minimum Gasteiger partial charge on any atom is -0.337 e. The lowest BCUT2D eigenvalue weighted by Gasteiger charge is -2.35. The smallest absolute Gasteiger partial charge is 0.253 e. The molecule has 0 saturated heterocycles. The summed E-state index contributed by atoms with van der Waals surface area (Å²) in [6, 6.07) is 6.17. The molecule has 19 heavy (non-hydrogen) atoms. The average molecular weight is 280 g/mol. The Balaban J connectivity index is 2.18. The third-order valence-corrected chi connectivity index (χ3v) is 4.44. The minimum atomic E-state index is 0.0874. The van der Waals surface area contributed by atoms with Crippen LogP contribution in [0.4, 0.5) is 0 Å². The molecular weight excluding hydrogens is 258 g/mol. The van der Waals surface area contributed by atoms with Crippen molar-refractivity contribution in [2.24, 2.45) is 0 Å². The van der Waals surface area contributed by atoms with Crippen molar-refractivity contribution in [3.8, 4) is 0 Å². The number of halogens is 1. The monoisotopic (exact) mass is 279 g/mol. The maximum absolute atomic E-state index is 12.6. The number of hydrogen-bond acceptors (Lipinski definition) is 1. The second-order valence-electron chi connectivity index (χ2n) is 5.66. The third-order valence-electron chi connectivity index (χ3n) is 3.93. The number of rotatable bonds is 2. The number of aryl methyl sites for hydroxylation is 2. The van der Waals surface area contributed by atoms with Crippen LogP contribution in [0.25, 0.3) is 0 Å². The van der Waals surface area contributed by atoms with Crippen LogP contribution in [0.1, 0.15) is 47.2 Å². The van der Waals surface area contributed by atoms with Crippen LogP contribution in [0, 0.1) is 13.8 Å². The van der Waals surface area contributed by atoms with Crippen molar-refractivity contribution in [3.63, 3.8) is 0 Å². The van der Waals surface area contributed by atoms with Crippen LogP contribution in [-0.4, -0.2) is 29.3 Å². The molecule has 0 radical (unpaired) electrons. The molecular formula is C16H22ClNO. The summed E-state index contributed by atoms with van der Waals surface area (Å²) in [5.41, 5.74) is 3.03. The Labute approximate surface area is 120 Å². The van der Waals surface area contributed by atoms with Crippen molar-refractivity contribution in [3.05, 3.63) is 34.9 Å². The van der Waals surface area contributed by atoms with E-state index in [2.05, 4.69) is 6.07 Å². The highest BCUT2D eigenvalue weighted by Crippen LogP contribution is 2.27. The lowest BCUT2D eigenvalue weighted by atomic mass is 9.93. The molecule has 1 saturated carbocycles. The first kappa shape index (κ1) is 14.4. The summed E-state index contributed by atoms with van der Waals surface area (Å²) >= 11 is 6.38. The number of carbonyl (C=O) groups is 1. The van der Waals surface area contributed by atoms with E-state index in [1.165, 1.54) is 12.8 Å².